The van der Waals surface area contributed by atoms with E-state index >= 15 is 0 Å². The maximum absolute atomic E-state index is 12.8. The van der Waals surface area contributed by atoms with E-state index in [1.54, 1.807) is 6.20 Å². The number of halogens is 3. The molecule has 0 radical (unpaired) electrons. The molecule has 1 aliphatic heterocycles. The lowest BCUT2D eigenvalue weighted by Crippen LogP contribution is -2.31. The molecule has 168 valence electrons. The molecule has 0 bridgehead atoms. The first-order chi connectivity index (χ1) is 15.9. The molecule has 0 unspecified atom stereocenters. The summed E-state index contributed by atoms with van der Waals surface area (Å²) >= 11 is 0. The maximum Gasteiger partial charge on any atom is 0.416 e. The average molecular weight is 450 g/mol. The van der Waals surface area contributed by atoms with Crippen LogP contribution in [0.5, 0.6) is 0 Å². The van der Waals surface area contributed by atoms with E-state index in [4.69, 9.17) is 4.52 Å². The third-order valence-electron chi connectivity index (χ3n) is 5.89. The monoisotopic (exact) mass is 450 g/mol. The van der Waals surface area contributed by atoms with Crippen LogP contribution in [0.15, 0.2) is 65.3 Å². The summed E-state index contributed by atoms with van der Waals surface area (Å²) in [5, 5.41) is 4.17. The average Bonchev–Trinajstić information content (AvgIpc) is 3.19. The molecule has 2 aromatic heterocycles. The Kier molecular flexibility index (Phi) is 5.46. The zero-order valence-electron chi connectivity index (χ0n) is 17.9. The van der Waals surface area contributed by atoms with Crippen molar-refractivity contribution in [3.05, 3.63) is 88.9 Å². The minimum absolute atomic E-state index is 0.442. The van der Waals surface area contributed by atoms with Crippen LogP contribution >= 0.6 is 0 Å². The lowest BCUT2D eigenvalue weighted by molar-refractivity contribution is -0.137. The molecule has 0 amide bonds. The summed E-state index contributed by atoms with van der Waals surface area (Å²) in [5.74, 6) is 1.23. The molecule has 5 rings (SSSR count). The fourth-order valence-electron chi connectivity index (χ4n) is 4.07. The normalized spacial score (nSPS) is 14.3. The van der Waals surface area contributed by atoms with Crippen molar-refractivity contribution >= 4 is 0 Å². The van der Waals surface area contributed by atoms with Gasteiger partial charge < -0.3 is 4.52 Å². The molecule has 0 atom stereocenters. The van der Waals surface area contributed by atoms with Gasteiger partial charge >= 0.3 is 6.18 Å². The molecule has 33 heavy (non-hydrogen) atoms. The van der Waals surface area contributed by atoms with Crippen LogP contribution in [0, 0.1) is 6.92 Å². The number of hydrogen-bond donors (Lipinski definition) is 0. The fraction of sp³-hybridized carbons (Fsp3) is 0.240. The Morgan fingerprint density at radius 2 is 1.76 bits per heavy atom. The highest BCUT2D eigenvalue weighted by atomic mass is 19.4. The lowest BCUT2D eigenvalue weighted by Gasteiger charge is -2.28. The van der Waals surface area contributed by atoms with Crippen LogP contribution in [-0.4, -0.2) is 26.6 Å². The number of aromatic nitrogens is 3. The topological polar surface area (TPSA) is 55.1 Å². The second kappa shape index (κ2) is 8.44. The summed E-state index contributed by atoms with van der Waals surface area (Å²) in [5.41, 5.74) is 4.77. The maximum atomic E-state index is 12.8. The van der Waals surface area contributed by atoms with Crippen molar-refractivity contribution in [2.45, 2.75) is 32.6 Å². The summed E-state index contributed by atoms with van der Waals surface area (Å²) in [7, 11) is 0. The van der Waals surface area contributed by atoms with Crippen molar-refractivity contribution in [2.75, 3.05) is 6.54 Å². The molecule has 0 aliphatic carbocycles. The molecule has 4 aromatic rings. The summed E-state index contributed by atoms with van der Waals surface area (Å²) < 4.78 is 44.1. The zero-order valence-corrected chi connectivity index (χ0v) is 17.9. The van der Waals surface area contributed by atoms with Crippen molar-refractivity contribution < 1.29 is 17.7 Å². The van der Waals surface area contributed by atoms with E-state index in [0.717, 1.165) is 58.9 Å². The Labute approximate surface area is 188 Å². The van der Waals surface area contributed by atoms with Gasteiger partial charge in [0.15, 0.2) is 11.6 Å². The molecule has 1 aliphatic rings. The molecule has 8 heteroatoms. The van der Waals surface area contributed by atoms with Crippen LogP contribution in [0.1, 0.15) is 28.1 Å². The first-order valence-corrected chi connectivity index (χ1v) is 10.6. The standard InChI is InChI=1S/C25H21F3N4O/c1-16-21(23(33-31-16)17-5-3-2-4-6-17)15-32-12-11-22-19(14-32)13-29-24(30-22)18-7-9-20(10-8-18)25(26,27)28/h2-10,13H,11-12,14-15H2,1H3. The Balaban J connectivity index is 1.33. The number of alkyl halides is 3. The zero-order chi connectivity index (χ0) is 23.0. The fourth-order valence-corrected chi connectivity index (χ4v) is 4.07. The smallest absolute Gasteiger partial charge is 0.356 e. The van der Waals surface area contributed by atoms with E-state index in [9.17, 15) is 13.2 Å². The third-order valence-corrected chi connectivity index (χ3v) is 5.89. The van der Waals surface area contributed by atoms with E-state index in [-0.39, 0.29) is 0 Å². The van der Waals surface area contributed by atoms with Gasteiger partial charge in [-0.15, -0.1) is 0 Å². The molecule has 0 saturated carbocycles. The van der Waals surface area contributed by atoms with Gasteiger partial charge in [-0.3, -0.25) is 4.90 Å². The highest BCUT2D eigenvalue weighted by molar-refractivity contribution is 5.61. The van der Waals surface area contributed by atoms with E-state index in [1.165, 1.54) is 12.1 Å². The third kappa shape index (κ3) is 4.39. The first-order valence-electron chi connectivity index (χ1n) is 10.6. The second-order valence-electron chi connectivity index (χ2n) is 8.14. The van der Waals surface area contributed by atoms with Crippen molar-refractivity contribution in [2.24, 2.45) is 0 Å². The minimum atomic E-state index is -4.36. The van der Waals surface area contributed by atoms with Crippen LogP contribution in [0.4, 0.5) is 13.2 Å². The lowest BCUT2D eigenvalue weighted by atomic mass is 10.0. The summed E-state index contributed by atoms with van der Waals surface area (Å²) in [6.45, 7) is 4.12. The molecule has 0 saturated heterocycles. The number of benzene rings is 2. The van der Waals surface area contributed by atoms with Crippen LogP contribution in [0.2, 0.25) is 0 Å². The van der Waals surface area contributed by atoms with Crippen LogP contribution in [0.25, 0.3) is 22.7 Å². The van der Waals surface area contributed by atoms with Gasteiger partial charge in [-0.25, -0.2) is 9.97 Å². The van der Waals surface area contributed by atoms with Gasteiger partial charge in [0.05, 0.1) is 17.0 Å². The highest BCUT2D eigenvalue weighted by Gasteiger charge is 2.30. The van der Waals surface area contributed by atoms with Crippen LogP contribution < -0.4 is 0 Å². The molecule has 0 N–H and O–H groups in total. The van der Waals surface area contributed by atoms with Crippen molar-refractivity contribution in [1.82, 2.24) is 20.0 Å². The summed E-state index contributed by atoms with van der Waals surface area (Å²) in [6.07, 6.45) is -1.85. The first kappa shape index (κ1) is 21.3. The molecular weight excluding hydrogens is 429 g/mol. The van der Waals surface area contributed by atoms with E-state index < -0.39 is 11.7 Å². The van der Waals surface area contributed by atoms with Gasteiger partial charge in [-0.2, -0.15) is 13.2 Å². The predicted molar refractivity (Wildman–Crippen MR) is 117 cm³/mol. The van der Waals surface area contributed by atoms with Gasteiger partial charge in [0.1, 0.15) is 0 Å². The highest BCUT2D eigenvalue weighted by Crippen LogP contribution is 2.31. The number of hydrogen-bond acceptors (Lipinski definition) is 5. The summed E-state index contributed by atoms with van der Waals surface area (Å²) in [6, 6.07) is 14.9. The van der Waals surface area contributed by atoms with Crippen molar-refractivity contribution in [1.29, 1.82) is 0 Å². The predicted octanol–water partition coefficient (Wildman–Crippen LogP) is 5.68. The van der Waals surface area contributed by atoms with Crippen molar-refractivity contribution in [3.8, 4) is 22.7 Å². The molecule has 0 spiro atoms. The van der Waals surface area contributed by atoms with E-state index in [0.29, 0.717) is 24.5 Å². The van der Waals surface area contributed by atoms with E-state index in [2.05, 4.69) is 20.0 Å². The van der Waals surface area contributed by atoms with Gasteiger partial charge in [0, 0.05) is 54.5 Å². The van der Waals surface area contributed by atoms with Crippen molar-refractivity contribution in [3.63, 3.8) is 0 Å². The number of nitrogens with zero attached hydrogens (tertiary/aromatic N) is 4. The molecule has 5 nitrogen and oxygen atoms in total. The molecular formula is C25H21F3N4O. The largest absolute Gasteiger partial charge is 0.416 e. The van der Waals surface area contributed by atoms with Gasteiger partial charge in [0.2, 0.25) is 0 Å². The molecule has 2 aromatic carbocycles. The van der Waals surface area contributed by atoms with Crippen LogP contribution in [-0.2, 0) is 25.7 Å². The minimum Gasteiger partial charge on any atom is -0.356 e. The summed E-state index contributed by atoms with van der Waals surface area (Å²) in [4.78, 5) is 11.4. The van der Waals surface area contributed by atoms with Gasteiger partial charge in [-0.05, 0) is 19.1 Å². The van der Waals surface area contributed by atoms with E-state index in [1.807, 2.05) is 37.3 Å². The Morgan fingerprint density at radius 1 is 1.00 bits per heavy atom. The van der Waals surface area contributed by atoms with Crippen LogP contribution in [0.3, 0.4) is 0 Å². The SMILES string of the molecule is Cc1noc(-c2ccccc2)c1CN1CCc2nc(-c3ccc(C(F)(F)F)cc3)ncc2C1. The molecule has 0 fully saturated rings. The second-order valence-corrected chi connectivity index (χ2v) is 8.14. The Bertz CT molecular complexity index is 1270. The number of rotatable bonds is 4. The van der Waals surface area contributed by atoms with Gasteiger partial charge in [0.25, 0.3) is 0 Å². The number of aryl methyl sites for hydroxylation is 1. The molecule has 3 heterocycles. The Hall–Kier alpha value is -3.52. The number of fused-ring (bicyclic) bond motifs is 1. The Morgan fingerprint density at radius 3 is 2.48 bits per heavy atom. The van der Waals surface area contributed by atoms with Gasteiger partial charge in [-0.1, -0.05) is 47.6 Å². The quantitative estimate of drug-likeness (QED) is 0.400.